The summed E-state index contributed by atoms with van der Waals surface area (Å²) in [6.07, 6.45) is 5.91. The van der Waals surface area contributed by atoms with Crippen LogP contribution in [0.25, 0.3) is 0 Å². The van der Waals surface area contributed by atoms with Gasteiger partial charge in [0.15, 0.2) is 0 Å². The molecule has 0 atom stereocenters. The van der Waals surface area contributed by atoms with Gasteiger partial charge in [-0.25, -0.2) is 8.42 Å². The Balaban J connectivity index is 2.19. The Morgan fingerprint density at radius 2 is 2.06 bits per heavy atom. The minimum atomic E-state index is -3.47. The highest BCUT2D eigenvalue weighted by molar-refractivity contribution is 7.89. The van der Waals surface area contributed by atoms with Gasteiger partial charge in [-0.05, 0) is 17.7 Å². The lowest BCUT2D eigenvalue weighted by molar-refractivity contribution is 0.466. The van der Waals surface area contributed by atoms with Gasteiger partial charge in [-0.1, -0.05) is 0 Å². The number of H-pyrrole nitrogens is 1. The van der Waals surface area contributed by atoms with E-state index in [4.69, 9.17) is 0 Å². The van der Waals surface area contributed by atoms with Gasteiger partial charge in [-0.15, -0.1) is 0 Å². The molecule has 0 aliphatic heterocycles. The van der Waals surface area contributed by atoms with Crippen molar-refractivity contribution < 1.29 is 8.42 Å². The molecular formula is C10H12N4O2S. The zero-order valence-corrected chi connectivity index (χ0v) is 10.1. The summed E-state index contributed by atoms with van der Waals surface area (Å²) in [6.45, 7) is 0.302. The number of hydrogen-bond donors (Lipinski definition) is 1. The van der Waals surface area contributed by atoms with Crippen molar-refractivity contribution in [3.63, 3.8) is 0 Å². The van der Waals surface area contributed by atoms with E-state index in [1.54, 1.807) is 24.5 Å². The number of rotatable bonds is 4. The first kappa shape index (κ1) is 11.7. The summed E-state index contributed by atoms with van der Waals surface area (Å²) in [4.78, 5) is 4.04. The number of hydrogen-bond acceptors (Lipinski definition) is 4. The van der Waals surface area contributed by atoms with Crippen LogP contribution in [0.2, 0.25) is 0 Å². The molecule has 7 heteroatoms. The predicted molar refractivity (Wildman–Crippen MR) is 61.5 cm³/mol. The molecule has 0 saturated carbocycles. The van der Waals surface area contributed by atoms with Crippen molar-refractivity contribution in [2.45, 2.75) is 11.4 Å². The molecule has 0 fully saturated rings. The van der Waals surface area contributed by atoms with E-state index in [1.165, 1.54) is 23.7 Å². The number of nitrogens with zero attached hydrogens (tertiary/aromatic N) is 3. The molecule has 0 unspecified atom stereocenters. The van der Waals surface area contributed by atoms with Crippen molar-refractivity contribution in [2.75, 3.05) is 7.05 Å². The van der Waals surface area contributed by atoms with Crippen molar-refractivity contribution in [2.24, 2.45) is 0 Å². The Labute approximate surface area is 99.4 Å². The fourth-order valence-electron chi connectivity index (χ4n) is 1.39. The third-order valence-electron chi connectivity index (χ3n) is 2.34. The molecule has 90 valence electrons. The van der Waals surface area contributed by atoms with Crippen LogP contribution in [0.5, 0.6) is 0 Å². The zero-order valence-electron chi connectivity index (χ0n) is 9.24. The van der Waals surface area contributed by atoms with E-state index in [2.05, 4.69) is 15.2 Å². The first-order chi connectivity index (χ1) is 8.10. The minimum absolute atomic E-state index is 0.161. The van der Waals surface area contributed by atoms with Gasteiger partial charge in [0.1, 0.15) is 4.90 Å². The molecule has 0 radical (unpaired) electrons. The molecule has 0 aromatic carbocycles. The van der Waals surface area contributed by atoms with Gasteiger partial charge < -0.3 is 0 Å². The summed E-state index contributed by atoms with van der Waals surface area (Å²) in [5.41, 5.74) is 0.884. The van der Waals surface area contributed by atoms with E-state index in [1.807, 2.05) is 0 Å². The van der Waals surface area contributed by atoms with Crippen LogP contribution >= 0.6 is 0 Å². The molecule has 0 saturated heterocycles. The molecule has 2 heterocycles. The standard InChI is InChI=1S/C10H12N4O2S/c1-14(8-9-2-4-11-5-3-9)17(15,16)10-6-12-13-7-10/h2-7H,8H2,1H3,(H,12,13). The van der Waals surface area contributed by atoms with E-state index in [-0.39, 0.29) is 4.90 Å². The van der Waals surface area contributed by atoms with Gasteiger partial charge in [-0.3, -0.25) is 10.1 Å². The van der Waals surface area contributed by atoms with Crippen molar-refractivity contribution in [1.29, 1.82) is 0 Å². The number of aromatic amines is 1. The van der Waals surface area contributed by atoms with Gasteiger partial charge in [0.05, 0.1) is 6.20 Å². The molecule has 1 N–H and O–H groups in total. The molecule has 2 aromatic heterocycles. The molecule has 2 rings (SSSR count). The van der Waals surface area contributed by atoms with E-state index in [9.17, 15) is 8.42 Å². The summed E-state index contributed by atoms with van der Waals surface area (Å²) in [5, 5.41) is 6.13. The summed E-state index contributed by atoms with van der Waals surface area (Å²) >= 11 is 0. The monoisotopic (exact) mass is 252 g/mol. The average molecular weight is 252 g/mol. The number of sulfonamides is 1. The molecule has 2 aromatic rings. The van der Waals surface area contributed by atoms with E-state index < -0.39 is 10.0 Å². The maximum absolute atomic E-state index is 12.0. The lowest BCUT2D eigenvalue weighted by Gasteiger charge is -2.15. The normalized spacial score (nSPS) is 11.9. The smallest absolute Gasteiger partial charge is 0.246 e. The van der Waals surface area contributed by atoms with Gasteiger partial charge >= 0.3 is 0 Å². The van der Waals surface area contributed by atoms with Gasteiger partial charge in [-0.2, -0.15) is 9.40 Å². The highest BCUT2D eigenvalue weighted by Crippen LogP contribution is 2.14. The van der Waals surface area contributed by atoms with Crippen LogP contribution in [0.4, 0.5) is 0 Å². The van der Waals surface area contributed by atoms with Crippen LogP contribution in [-0.4, -0.2) is 35.0 Å². The van der Waals surface area contributed by atoms with E-state index in [0.717, 1.165) is 5.56 Å². The van der Waals surface area contributed by atoms with Crippen LogP contribution in [0.1, 0.15) is 5.56 Å². The molecule has 0 amide bonds. The summed E-state index contributed by atoms with van der Waals surface area (Å²) in [5.74, 6) is 0. The SMILES string of the molecule is CN(Cc1ccncc1)S(=O)(=O)c1cn[nH]c1. The minimum Gasteiger partial charge on any atom is -0.284 e. The van der Waals surface area contributed by atoms with Gasteiger partial charge in [0.2, 0.25) is 10.0 Å². The lowest BCUT2D eigenvalue weighted by Crippen LogP contribution is -2.26. The number of aromatic nitrogens is 3. The Hall–Kier alpha value is -1.73. The second-order valence-electron chi connectivity index (χ2n) is 3.55. The summed E-state index contributed by atoms with van der Waals surface area (Å²) in [7, 11) is -1.94. The third kappa shape index (κ3) is 2.51. The van der Waals surface area contributed by atoms with Crippen LogP contribution in [0, 0.1) is 0 Å². The average Bonchev–Trinajstić information content (AvgIpc) is 2.84. The fourth-order valence-corrected chi connectivity index (χ4v) is 2.46. The van der Waals surface area contributed by atoms with E-state index >= 15 is 0 Å². The maximum Gasteiger partial charge on any atom is 0.246 e. The second kappa shape index (κ2) is 4.64. The first-order valence-electron chi connectivity index (χ1n) is 4.95. The molecule has 0 aliphatic carbocycles. The van der Waals surface area contributed by atoms with Crippen LogP contribution in [0.3, 0.4) is 0 Å². The van der Waals surface area contributed by atoms with Crippen molar-refractivity contribution in [3.8, 4) is 0 Å². The predicted octanol–water partition coefficient (Wildman–Crippen LogP) is 0.625. The zero-order chi connectivity index (χ0) is 12.3. The summed E-state index contributed by atoms with van der Waals surface area (Å²) < 4.78 is 25.4. The largest absolute Gasteiger partial charge is 0.284 e. The Kier molecular flexibility index (Phi) is 3.21. The first-order valence-corrected chi connectivity index (χ1v) is 6.39. The van der Waals surface area contributed by atoms with Gasteiger partial charge in [0, 0.05) is 32.2 Å². The van der Waals surface area contributed by atoms with Crippen LogP contribution < -0.4 is 0 Å². The Bertz CT molecular complexity index is 566. The van der Waals surface area contributed by atoms with Crippen LogP contribution in [-0.2, 0) is 16.6 Å². The van der Waals surface area contributed by atoms with Gasteiger partial charge in [0.25, 0.3) is 0 Å². The van der Waals surface area contributed by atoms with Crippen LogP contribution in [0.15, 0.2) is 41.8 Å². The van der Waals surface area contributed by atoms with E-state index in [0.29, 0.717) is 6.54 Å². The highest BCUT2D eigenvalue weighted by Gasteiger charge is 2.21. The molecule has 6 nitrogen and oxygen atoms in total. The number of pyridine rings is 1. The van der Waals surface area contributed by atoms with Crippen molar-refractivity contribution in [3.05, 3.63) is 42.5 Å². The second-order valence-corrected chi connectivity index (χ2v) is 5.60. The van der Waals surface area contributed by atoms with Crippen molar-refractivity contribution >= 4 is 10.0 Å². The van der Waals surface area contributed by atoms with Crippen molar-refractivity contribution in [1.82, 2.24) is 19.5 Å². The maximum atomic E-state index is 12.0. The molecule has 0 bridgehead atoms. The molecule has 0 aliphatic rings. The third-order valence-corrected chi connectivity index (χ3v) is 4.10. The highest BCUT2D eigenvalue weighted by atomic mass is 32.2. The topological polar surface area (TPSA) is 79.0 Å². The molecular weight excluding hydrogens is 240 g/mol. The Morgan fingerprint density at radius 3 is 2.65 bits per heavy atom. The quantitative estimate of drug-likeness (QED) is 0.865. The Morgan fingerprint density at radius 1 is 1.35 bits per heavy atom. The molecule has 0 spiro atoms. The fraction of sp³-hybridized carbons (Fsp3) is 0.200. The number of nitrogens with one attached hydrogen (secondary N) is 1. The summed E-state index contributed by atoms with van der Waals surface area (Å²) in [6, 6.07) is 3.56. The lowest BCUT2D eigenvalue weighted by atomic mass is 10.3. The molecule has 17 heavy (non-hydrogen) atoms.